The second kappa shape index (κ2) is 13.1. The molecule has 2 aromatic rings. The van der Waals surface area contributed by atoms with Crippen LogP contribution in [-0.4, -0.2) is 38.5 Å². The lowest BCUT2D eigenvalue weighted by Gasteiger charge is -2.12. The summed E-state index contributed by atoms with van der Waals surface area (Å²) in [4.78, 5) is 16.3. The molecule has 0 spiro atoms. The maximum Gasteiger partial charge on any atom is 0.251 e. The van der Waals surface area contributed by atoms with Gasteiger partial charge < -0.3 is 16.0 Å². The minimum absolute atomic E-state index is 0. The highest BCUT2D eigenvalue weighted by molar-refractivity contribution is 14.0. The summed E-state index contributed by atoms with van der Waals surface area (Å²) >= 11 is 0. The van der Waals surface area contributed by atoms with Crippen LogP contribution < -0.4 is 16.0 Å². The molecule has 0 saturated heterocycles. The average molecular weight is 512 g/mol. The number of nitrogens with zero attached hydrogens (tertiary/aromatic N) is 1. The molecule has 2 rings (SSSR count). The van der Waals surface area contributed by atoms with Crippen molar-refractivity contribution < 1.29 is 9.18 Å². The van der Waals surface area contributed by atoms with Crippen molar-refractivity contribution >= 4 is 35.8 Å². The molecule has 1 amide bonds. The predicted molar refractivity (Wildman–Crippen MR) is 128 cm³/mol. The van der Waals surface area contributed by atoms with E-state index in [0.29, 0.717) is 18.7 Å². The third kappa shape index (κ3) is 8.39. The van der Waals surface area contributed by atoms with E-state index in [0.717, 1.165) is 42.0 Å². The first kappa shape index (κ1) is 24.9. The quantitative estimate of drug-likeness (QED) is 0.289. The molecular formula is C22H30FIN4O. The van der Waals surface area contributed by atoms with Crippen molar-refractivity contribution in [3.8, 4) is 0 Å². The van der Waals surface area contributed by atoms with Crippen LogP contribution in [0.15, 0.2) is 47.5 Å². The van der Waals surface area contributed by atoms with Crippen molar-refractivity contribution in [2.45, 2.75) is 26.7 Å². The number of halogens is 2. The van der Waals surface area contributed by atoms with Gasteiger partial charge in [0.15, 0.2) is 5.96 Å². The normalized spacial score (nSPS) is 10.8. The van der Waals surface area contributed by atoms with Crippen molar-refractivity contribution in [2.75, 3.05) is 26.7 Å². The molecule has 0 heterocycles. The minimum atomic E-state index is -0.208. The lowest BCUT2D eigenvalue weighted by molar-refractivity contribution is 0.0963. The first-order chi connectivity index (χ1) is 13.5. The number of amides is 1. The average Bonchev–Trinajstić information content (AvgIpc) is 2.69. The molecule has 2 aromatic carbocycles. The first-order valence-electron chi connectivity index (χ1n) is 9.61. The molecule has 0 aliphatic heterocycles. The van der Waals surface area contributed by atoms with Gasteiger partial charge in [-0.3, -0.25) is 9.79 Å². The van der Waals surface area contributed by atoms with Gasteiger partial charge >= 0.3 is 0 Å². The minimum Gasteiger partial charge on any atom is -0.357 e. The summed E-state index contributed by atoms with van der Waals surface area (Å²) in [5.74, 6) is 0.464. The van der Waals surface area contributed by atoms with E-state index in [1.54, 1.807) is 19.2 Å². The molecule has 0 atom stereocenters. The van der Waals surface area contributed by atoms with Crippen LogP contribution in [0.25, 0.3) is 0 Å². The maximum atomic E-state index is 13.2. The van der Waals surface area contributed by atoms with Gasteiger partial charge in [-0.05, 0) is 67.6 Å². The fraction of sp³-hybridized carbons (Fsp3) is 0.364. The smallest absolute Gasteiger partial charge is 0.251 e. The third-order valence-electron chi connectivity index (χ3n) is 4.42. The fourth-order valence-corrected chi connectivity index (χ4v) is 2.91. The molecule has 0 radical (unpaired) electrons. The van der Waals surface area contributed by atoms with Crippen LogP contribution in [-0.2, 0) is 12.8 Å². The van der Waals surface area contributed by atoms with E-state index < -0.39 is 0 Å². The molecule has 0 aliphatic rings. The SMILES string of the molecule is CCNC(=NCCc1ccc(F)cc1C)NCCc1cccc(C(=O)NC)c1.I. The van der Waals surface area contributed by atoms with E-state index in [1.165, 1.54) is 6.07 Å². The topological polar surface area (TPSA) is 65.5 Å². The van der Waals surface area contributed by atoms with E-state index in [9.17, 15) is 9.18 Å². The zero-order valence-electron chi connectivity index (χ0n) is 17.2. The Balaban J connectivity index is 0.00000420. The van der Waals surface area contributed by atoms with Gasteiger partial charge in [0, 0.05) is 32.2 Å². The largest absolute Gasteiger partial charge is 0.357 e. The van der Waals surface area contributed by atoms with E-state index in [4.69, 9.17) is 0 Å². The van der Waals surface area contributed by atoms with Gasteiger partial charge in [-0.15, -0.1) is 24.0 Å². The van der Waals surface area contributed by atoms with Gasteiger partial charge in [0.2, 0.25) is 0 Å². The molecule has 0 fully saturated rings. The third-order valence-corrected chi connectivity index (χ3v) is 4.42. The number of benzene rings is 2. The zero-order chi connectivity index (χ0) is 20.4. The van der Waals surface area contributed by atoms with Crippen LogP contribution in [0.4, 0.5) is 4.39 Å². The van der Waals surface area contributed by atoms with Crippen molar-refractivity contribution in [3.63, 3.8) is 0 Å². The Morgan fingerprint density at radius 2 is 1.90 bits per heavy atom. The highest BCUT2D eigenvalue weighted by Crippen LogP contribution is 2.10. The van der Waals surface area contributed by atoms with Gasteiger partial charge in [-0.25, -0.2) is 4.39 Å². The van der Waals surface area contributed by atoms with E-state index >= 15 is 0 Å². The molecule has 29 heavy (non-hydrogen) atoms. The van der Waals surface area contributed by atoms with Crippen LogP contribution in [0.3, 0.4) is 0 Å². The molecule has 0 aromatic heterocycles. The predicted octanol–water partition coefficient (Wildman–Crippen LogP) is 3.45. The highest BCUT2D eigenvalue weighted by atomic mass is 127. The summed E-state index contributed by atoms with van der Waals surface area (Å²) in [6, 6.07) is 12.5. The van der Waals surface area contributed by atoms with Crippen molar-refractivity contribution in [1.82, 2.24) is 16.0 Å². The standard InChI is InChI=1S/C22H29FN4O.HI/c1-4-25-22(27-13-11-18-8-9-20(23)14-16(18)2)26-12-10-17-6-5-7-19(15-17)21(28)24-3;/h5-9,14-15H,4,10-13H2,1-3H3,(H,24,28)(H2,25,26,27);1H. The Kier molecular flexibility index (Phi) is 11.3. The monoisotopic (exact) mass is 512 g/mol. The first-order valence-corrected chi connectivity index (χ1v) is 9.61. The second-order valence-corrected chi connectivity index (χ2v) is 6.54. The van der Waals surface area contributed by atoms with Crippen LogP contribution in [0, 0.1) is 12.7 Å². The number of rotatable bonds is 8. The Hall–Kier alpha value is -2.16. The fourth-order valence-electron chi connectivity index (χ4n) is 2.91. The summed E-state index contributed by atoms with van der Waals surface area (Å²) in [7, 11) is 1.63. The van der Waals surface area contributed by atoms with Crippen molar-refractivity contribution in [2.24, 2.45) is 4.99 Å². The highest BCUT2D eigenvalue weighted by Gasteiger charge is 2.04. The molecule has 0 saturated carbocycles. The van der Waals surface area contributed by atoms with E-state index in [-0.39, 0.29) is 35.7 Å². The summed E-state index contributed by atoms with van der Waals surface area (Å²) in [6.07, 6.45) is 1.54. The number of carbonyl (C=O) groups excluding carboxylic acids is 1. The molecule has 5 nitrogen and oxygen atoms in total. The number of aliphatic imine (C=N–C) groups is 1. The number of nitrogens with one attached hydrogen (secondary N) is 3. The van der Waals surface area contributed by atoms with E-state index in [1.807, 2.05) is 38.1 Å². The molecular weight excluding hydrogens is 482 g/mol. The summed E-state index contributed by atoms with van der Waals surface area (Å²) < 4.78 is 13.2. The van der Waals surface area contributed by atoms with Crippen LogP contribution >= 0.6 is 24.0 Å². The summed E-state index contributed by atoms with van der Waals surface area (Å²) in [5.41, 5.74) is 3.80. The molecule has 158 valence electrons. The van der Waals surface area contributed by atoms with Crippen molar-refractivity contribution in [1.29, 1.82) is 0 Å². The molecule has 3 N–H and O–H groups in total. The second-order valence-electron chi connectivity index (χ2n) is 6.54. The van der Waals surface area contributed by atoms with Crippen LogP contribution in [0.1, 0.15) is 34.0 Å². The van der Waals surface area contributed by atoms with Gasteiger partial charge in [-0.2, -0.15) is 0 Å². The number of carbonyl (C=O) groups is 1. The Morgan fingerprint density at radius 3 is 2.59 bits per heavy atom. The zero-order valence-corrected chi connectivity index (χ0v) is 19.5. The Bertz CT molecular complexity index is 826. The molecule has 7 heteroatoms. The Morgan fingerprint density at radius 1 is 1.10 bits per heavy atom. The van der Waals surface area contributed by atoms with Crippen LogP contribution in [0.5, 0.6) is 0 Å². The van der Waals surface area contributed by atoms with Gasteiger partial charge in [-0.1, -0.05) is 18.2 Å². The number of aryl methyl sites for hydroxylation is 1. The Labute approximate surface area is 189 Å². The van der Waals surface area contributed by atoms with Crippen molar-refractivity contribution in [3.05, 3.63) is 70.5 Å². The molecule has 0 bridgehead atoms. The summed E-state index contributed by atoms with van der Waals surface area (Å²) in [5, 5.41) is 9.19. The summed E-state index contributed by atoms with van der Waals surface area (Å²) in [6.45, 7) is 6.03. The molecule has 0 unspecified atom stereocenters. The van der Waals surface area contributed by atoms with Gasteiger partial charge in [0.25, 0.3) is 5.91 Å². The number of guanidine groups is 1. The lowest BCUT2D eigenvalue weighted by Crippen LogP contribution is -2.38. The van der Waals surface area contributed by atoms with Crippen LogP contribution in [0.2, 0.25) is 0 Å². The number of hydrogen-bond acceptors (Lipinski definition) is 2. The number of hydrogen-bond donors (Lipinski definition) is 3. The molecule has 0 aliphatic carbocycles. The van der Waals surface area contributed by atoms with Gasteiger partial charge in [0.05, 0.1) is 0 Å². The van der Waals surface area contributed by atoms with E-state index in [2.05, 4.69) is 20.9 Å². The van der Waals surface area contributed by atoms with Gasteiger partial charge in [0.1, 0.15) is 5.82 Å². The maximum absolute atomic E-state index is 13.2. The lowest BCUT2D eigenvalue weighted by atomic mass is 10.1.